The van der Waals surface area contributed by atoms with Crippen molar-refractivity contribution in [3.63, 3.8) is 0 Å². The van der Waals surface area contributed by atoms with Crippen molar-refractivity contribution in [2.45, 2.75) is 18.9 Å². The highest BCUT2D eigenvalue weighted by atomic mass is 19.1. The molecule has 0 aromatic heterocycles. The zero-order valence-corrected chi connectivity index (χ0v) is 12.4. The molecular formula is C16H21FN2O2. The maximum atomic E-state index is 13.3. The van der Waals surface area contributed by atoms with Gasteiger partial charge in [0.15, 0.2) is 5.76 Å². The fourth-order valence-corrected chi connectivity index (χ4v) is 2.30. The number of halogens is 1. The van der Waals surface area contributed by atoms with Crippen molar-refractivity contribution in [2.24, 2.45) is 0 Å². The smallest absolute Gasteiger partial charge is 0.286 e. The van der Waals surface area contributed by atoms with Crippen LogP contribution in [-0.2, 0) is 9.53 Å². The van der Waals surface area contributed by atoms with Crippen molar-refractivity contribution < 1.29 is 13.9 Å². The van der Waals surface area contributed by atoms with E-state index in [1.165, 1.54) is 12.1 Å². The summed E-state index contributed by atoms with van der Waals surface area (Å²) in [4.78, 5) is 14.0. The molecule has 1 aliphatic rings. The van der Waals surface area contributed by atoms with Gasteiger partial charge in [-0.05, 0) is 50.7 Å². The largest absolute Gasteiger partial charge is 0.488 e. The van der Waals surface area contributed by atoms with Crippen molar-refractivity contribution in [1.29, 1.82) is 0 Å². The molecule has 1 aliphatic heterocycles. The van der Waals surface area contributed by atoms with Gasteiger partial charge in [-0.2, -0.15) is 0 Å². The number of nitrogens with one attached hydrogen (secondary N) is 1. The third-order valence-electron chi connectivity index (χ3n) is 3.47. The first kappa shape index (κ1) is 15.5. The Labute approximate surface area is 124 Å². The van der Waals surface area contributed by atoms with Gasteiger partial charge in [-0.25, -0.2) is 4.39 Å². The Morgan fingerprint density at radius 1 is 1.48 bits per heavy atom. The van der Waals surface area contributed by atoms with Crippen LogP contribution in [0.3, 0.4) is 0 Å². The van der Waals surface area contributed by atoms with Crippen LogP contribution in [0.15, 0.2) is 36.1 Å². The summed E-state index contributed by atoms with van der Waals surface area (Å²) in [5.41, 5.74) is 0.832. The number of hydrogen-bond acceptors (Lipinski definition) is 3. The van der Waals surface area contributed by atoms with Crippen molar-refractivity contribution in [2.75, 3.05) is 27.2 Å². The van der Waals surface area contributed by atoms with Crippen LogP contribution in [0.25, 0.3) is 0 Å². The minimum absolute atomic E-state index is 0.0890. The number of likely N-dealkylation sites (N-methyl/N-ethyl adjacent to an activating group) is 1. The molecular weight excluding hydrogens is 271 g/mol. The molecule has 1 N–H and O–H groups in total. The van der Waals surface area contributed by atoms with Gasteiger partial charge in [0.25, 0.3) is 5.91 Å². The Morgan fingerprint density at radius 2 is 2.29 bits per heavy atom. The Bertz CT molecular complexity index is 529. The van der Waals surface area contributed by atoms with Gasteiger partial charge in [0, 0.05) is 6.54 Å². The first-order valence-corrected chi connectivity index (χ1v) is 7.11. The topological polar surface area (TPSA) is 41.6 Å². The highest BCUT2D eigenvalue weighted by Crippen LogP contribution is 2.18. The first-order valence-electron chi connectivity index (χ1n) is 7.11. The highest BCUT2D eigenvalue weighted by molar-refractivity contribution is 5.91. The molecule has 0 saturated heterocycles. The number of nitrogens with zero attached hydrogens (tertiary/aromatic N) is 1. The molecule has 0 aliphatic carbocycles. The number of ether oxygens (including phenoxy) is 1. The average molecular weight is 292 g/mol. The lowest BCUT2D eigenvalue weighted by Crippen LogP contribution is -2.36. The summed E-state index contributed by atoms with van der Waals surface area (Å²) >= 11 is 0. The van der Waals surface area contributed by atoms with Crippen molar-refractivity contribution in [1.82, 2.24) is 10.2 Å². The van der Waals surface area contributed by atoms with Crippen LogP contribution in [0.1, 0.15) is 24.4 Å². The van der Waals surface area contributed by atoms with Gasteiger partial charge in [0.05, 0.1) is 12.6 Å². The number of carbonyl (C=O) groups is 1. The van der Waals surface area contributed by atoms with Crippen LogP contribution >= 0.6 is 0 Å². The zero-order chi connectivity index (χ0) is 15.2. The van der Waals surface area contributed by atoms with Crippen LogP contribution in [0.4, 0.5) is 4.39 Å². The maximum Gasteiger partial charge on any atom is 0.286 e. The van der Waals surface area contributed by atoms with E-state index < -0.39 is 0 Å². The van der Waals surface area contributed by atoms with Gasteiger partial charge in [-0.15, -0.1) is 0 Å². The van der Waals surface area contributed by atoms with Gasteiger partial charge >= 0.3 is 0 Å². The summed E-state index contributed by atoms with van der Waals surface area (Å²) < 4.78 is 18.7. The summed E-state index contributed by atoms with van der Waals surface area (Å²) in [5, 5.41) is 2.86. The van der Waals surface area contributed by atoms with Crippen molar-refractivity contribution in [3.05, 3.63) is 47.5 Å². The third kappa shape index (κ3) is 4.29. The SMILES string of the molecule is CN(C)C(CNC(=O)C1=CCCCO1)c1cccc(F)c1. The molecule has 0 saturated carbocycles. The Kier molecular flexibility index (Phi) is 5.33. The average Bonchev–Trinajstić information content (AvgIpc) is 2.48. The molecule has 2 rings (SSSR count). The number of benzene rings is 1. The molecule has 0 radical (unpaired) electrons. The number of carbonyl (C=O) groups excluding carboxylic acids is 1. The van der Waals surface area contributed by atoms with E-state index in [1.807, 2.05) is 31.1 Å². The van der Waals surface area contributed by atoms with Crippen LogP contribution in [0, 0.1) is 5.82 Å². The summed E-state index contributed by atoms with van der Waals surface area (Å²) in [6.45, 7) is 0.982. The van der Waals surface area contributed by atoms with Gasteiger partial charge < -0.3 is 15.0 Å². The lowest BCUT2D eigenvalue weighted by atomic mass is 10.1. The Balaban J connectivity index is 2.00. The van der Waals surface area contributed by atoms with E-state index in [0.717, 1.165) is 18.4 Å². The Morgan fingerprint density at radius 3 is 2.90 bits per heavy atom. The van der Waals surface area contributed by atoms with Crippen LogP contribution in [-0.4, -0.2) is 38.1 Å². The van der Waals surface area contributed by atoms with Gasteiger partial charge in [-0.1, -0.05) is 12.1 Å². The van der Waals surface area contributed by atoms with E-state index in [9.17, 15) is 9.18 Å². The standard InChI is InChI=1S/C16H21FN2O2/c1-19(2)14(12-6-5-7-13(17)10-12)11-18-16(20)15-8-3-4-9-21-15/h5-8,10,14H,3-4,9,11H2,1-2H3,(H,18,20). The van der Waals surface area contributed by atoms with Gasteiger partial charge in [0.1, 0.15) is 5.82 Å². The fraction of sp³-hybridized carbons (Fsp3) is 0.438. The monoisotopic (exact) mass is 292 g/mol. The second kappa shape index (κ2) is 7.22. The molecule has 114 valence electrons. The number of amides is 1. The second-order valence-corrected chi connectivity index (χ2v) is 5.30. The summed E-state index contributed by atoms with van der Waals surface area (Å²) in [5.74, 6) is -0.0973. The van der Waals surface area contributed by atoms with Crippen molar-refractivity contribution >= 4 is 5.91 Å². The Hall–Kier alpha value is -1.88. The summed E-state index contributed by atoms with van der Waals surface area (Å²) in [7, 11) is 3.80. The molecule has 1 heterocycles. The molecule has 5 heteroatoms. The predicted molar refractivity (Wildman–Crippen MR) is 79.1 cm³/mol. The number of rotatable bonds is 5. The molecule has 21 heavy (non-hydrogen) atoms. The number of allylic oxidation sites excluding steroid dienone is 1. The van der Waals surface area contributed by atoms with E-state index in [0.29, 0.717) is 18.9 Å². The molecule has 1 aromatic carbocycles. The predicted octanol–water partition coefficient (Wildman–Crippen LogP) is 2.24. The van der Waals surface area contributed by atoms with E-state index in [-0.39, 0.29) is 17.8 Å². The van der Waals surface area contributed by atoms with Gasteiger partial charge in [0.2, 0.25) is 0 Å². The molecule has 4 nitrogen and oxygen atoms in total. The van der Waals surface area contributed by atoms with Crippen molar-refractivity contribution in [3.8, 4) is 0 Å². The summed E-state index contributed by atoms with van der Waals surface area (Å²) in [6.07, 6.45) is 3.62. The first-order chi connectivity index (χ1) is 10.1. The van der Waals surface area contributed by atoms with E-state index >= 15 is 0 Å². The fourth-order valence-electron chi connectivity index (χ4n) is 2.30. The molecule has 0 spiro atoms. The normalized spacial score (nSPS) is 16.1. The number of hydrogen-bond donors (Lipinski definition) is 1. The third-order valence-corrected chi connectivity index (χ3v) is 3.47. The zero-order valence-electron chi connectivity index (χ0n) is 12.4. The molecule has 0 fully saturated rings. The molecule has 1 aromatic rings. The lowest BCUT2D eigenvalue weighted by Gasteiger charge is -2.25. The minimum atomic E-state index is -0.274. The van der Waals surface area contributed by atoms with Crippen LogP contribution in [0.5, 0.6) is 0 Å². The molecule has 0 bridgehead atoms. The van der Waals surface area contributed by atoms with E-state index in [4.69, 9.17) is 4.74 Å². The van der Waals surface area contributed by atoms with Crippen LogP contribution < -0.4 is 5.32 Å². The van der Waals surface area contributed by atoms with E-state index in [2.05, 4.69) is 5.32 Å². The van der Waals surface area contributed by atoms with Gasteiger partial charge in [-0.3, -0.25) is 4.79 Å². The summed E-state index contributed by atoms with van der Waals surface area (Å²) in [6, 6.07) is 6.35. The highest BCUT2D eigenvalue weighted by Gasteiger charge is 2.18. The quantitative estimate of drug-likeness (QED) is 0.905. The molecule has 1 atom stereocenters. The van der Waals surface area contributed by atoms with Crippen LogP contribution in [0.2, 0.25) is 0 Å². The molecule has 1 amide bonds. The minimum Gasteiger partial charge on any atom is -0.488 e. The maximum absolute atomic E-state index is 13.3. The van der Waals surface area contributed by atoms with E-state index in [1.54, 1.807) is 6.07 Å². The second-order valence-electron chi connectivity index (χ2n) is 5.30. The lowest BCUT2D eigenvalue weighted by molar-refractivity contribution is -0.121. The molecule has 1 unspecified atom stereocenters.